The minimum Gasteiger partial charge on any atom is -0.443 e. The molecule has 5 nitrogen and oxygen atoms in total. The summed E-state index contributed by atoms with van der Waals surface area (Å²) in [5, 5.41) is 3.85. The number of nitrogens with zero attached hydrogens (tertiary/aromatic N) is 2. The maximum Gasteiger partial charge on any atom is 0.247 e. The predicted octanol–water partition coefficient (Wildman–Crippen LogP) is 0.0917. The quantitative estimate of drug-likeness (QED) is 0.540. The number of oxazole rings is 1. The highest BCUT2D eigenvalue weighted by Crippen LogP contribution is 2.19. The summed E-state index contributed by atoms with van der Waals surface area (Å²) in [6.07, 6.45) is 3.14. The average molecular weight is 138 g/mol. The largest absolute Gasteiger partial charge is 0.443 e. The third-order valence-electron chi connectivity index (χ3n) is 1.31. The molecule has 0 aliphatic carbocycles. The van der Waals surface area contributed by atoms with E-state index in [2.05, 4.69) is 5.10 Å². The SMILES string of the molecule is Nc1nn2ccoc2c1N. The van der Waals surface area contributed by atoms with Crippen LogP contribution in [0, 0.1) is 0 Å². The second kappa shape index (κ2) is 1.44. The topological polar surface area (TPSA) is 82.5 Å². The van der Waals surface area contributed by atoms with Crippen molar-refractivity contribution in [3.05, 3.63) is 12.5 Å². The number of nitrogens with two attached hydrogens (primary N) is 2. The number of hydrogen-bond acceptors (Lipinski definition) is 4. The van der Waals surface area contributed by atoms with Crippen LogP contribution in [-0.2, 0) is 0 Å². The molecule has 2 heterocycles. The van der Waals surface area contributed by atoms with Gasteiger partial charge in [0.15, 0.2) is 5.82 Å². The molecule has 0 atom stereocenters. The van der Waals surface area contributed by atoms with Crippen LogP contribution in [-0.4, -0.2) is 9.61 Å². The average Bonchev–Trinajstić information content (AvgIpc) is 2.41. The van der Waals surface area contributed by atoms with E-state index in [1.165, 1.54) is 10.8 Å². The summed E-state index contributed by atoms with van der Waals surface area (Å²) in [5.41, 5.74) is 11.8. The summed E-state index contributed by atoms with van der Waals surface area (Å²) >= 11 is 0. The number of nitrogen functional groups attached to an aromatic ring is 2. The molecule has 10 heavy (non-hydrogen) atoms. The number of anilines is 2. The molecular formula is C5H6N4O. The van der Waals surface area contributed by atoms with Crippen molar-refractivity contribution < 1.29 is 4.42 Å². The molecule has 2 aromatic heterocycles. The minimum atomic E-state index is 0.305. The zero-order valence-electron chi connectivity index (χ0n) is 5.11. The van der Waals surface area contributed by atoms with E-state index >= 15 is 0 Å². The van der Waals surface area contributed by atoms with E-state index in [4.69, 9.17) is 15.9 Å². The summed E-state index contributed by atoms with van der Waals surface area (Å²) in [4.78, 5) is 0. The fourth-order valence-corrected chi connectivity index (χ4v) is 0.819. The van der Waals surface area contributed by atoms with Crippen LogP contribution in [0.4, 0.5) is 11.5 Å². The van der Waals surface area contributed by atoms with Crippen LogP contribution in [0.3, 0.4) is 0 Å². The first-order valence-electron chi connectivity index (χ1n) is 2.76. The van der Waals surface area contributed by atoms with E-state index in [9.17, 15) is 0 Å². The van der Waals surface area contributed by atoms with Gasteiger partial charge in [-0.25, -0.2) is 4.52 Å². The van der Waals surface area contributed by atoms with Crippen molar-refractivity contribution in [3.63, 3.8) is 0 Å². The maximum atomic E-state index is 5.48. The van der Waals surface area contributed by atoms with Crippen LogP contribution in [0.2, 0.25) is 0 Å². The van der Waals surface area contributed by atoms with Gasteiger partial charge in [0.1, 0.15) is 12.0 Å². The zero-order chi connectivity index (χ0) is 7.14. The van der Waals surface area contributed by atoms with Crippen molar-refractivity contribution in [3.8, 4) is 0 Å². The molecule has 0 unspecified atom stereocenters. The lowest BCUT2D eigenvalue weighted by atomic mass is 10.5. The molecule has 0 amide bonds. The Hall–Kier alpha value is -1.65. The van der Waals surface area contributed by atoms with Gasteiger partial charge in [0, 0.05) is 0 Å². The Kier molecular flexibility index (Phi) is 0.743. The molecule has 0 fully saturated rings. The molecular weight excluding hydrogens is 132 g/mol. The number of aromatic nitrogens is 2. The Balaban J connectivity index is 2.95. The smallest absolute Gasteiger partial charge is 0.247 e. The standard InChI is InChI=1S/C5H6N4O/c6-3-4(7)8-9-1-2-10-5(3)9/h1-2H,6H2,(H2,7,8). The van der Waals surface area contributed by atoms with Crippen molar-refractivity contribution in [2.45, 2.75) is 0 Å². The summed E-state index contributed by atoms with van der Waals surface area (Å²) in [5.74, 6) is 0.305. The first-order valence-corrected chi connectivity index (χ1v) is 2.76. The van der Waals surface area contributed by atoms with Gasteiger partial charge in [-0.15, -0.1) is 5.10 Å². The fourth-order valence-electron chi connectivity index (χ4n) is 0.819. The molecule has 2 aromatic rings. The molecule has 4 N–H and O–H groups in total. The Morgan fingerprint density at radius 3 is 3.00 bits per heavy atom. The highest BCUT2D eigenvalue weighted by molar-refractivity contribution is 5.74. The molecule has 5 heteroatoms. The lowest BCUT2D eigenvalue weighted by molar-refractivity contribution is 0.607. The van der Waals surface area contributed by atoms with Gasteiger partial charge in [-0.05, 0) is 0 Å². The molecule has 0 saturated heterocycles. The summed E-state index contributed by atoms with van der Waals surface area (Å²) < 4.78 is 6.46. The molecule has 0 spiro atoms. The molecule has 2 rings (SSSR count). The van der Waals surface area contributed by atoms with Crippen molar-refractivity contribution in [1.82, 2.24) is 9.61 Å². The summed E-state index contributed by atoms with van der Waals surface area (Å²) in [7, 11) is 0. The van der Waals surface area contributed by atoms with Gasteiger partial charge in [0.05, 0.1) is 6.20 Å². The number of rotatable bonds is 0. The Morgan fingerprint density at radius 1 is 1.50 bits per heavy atom. The minimum absolute atomic E-state index is 0.305. The summed E-state index contributed by atoms with van der Waals surface area (Å²) in [6.45, 7) is 0. The molecule has 0 saturated carbocycles. The first-order chi connectivity index (χ1) is 4.79. The van der Waals surface area contributed by atoms with Crippen molar-refractivity contribution >= 4 is 17.2 Å². The lowest BCUT2D eigenvalue weighted by Crippen LogP contribution is -1.90. The fraction of sp³-hybridized carbons (Fsp3) is 0. The van der Waals surface area contributed by atoms with Gasteiger partial charge in [0.25, 0.3) is 0 Å². The Bertz CT molecular complexity index is 360. The molecule has 0 bridgehead atoms. The molecule has 0 aliphatic heterocycles. The highest BCUT2D eigenvalue weighted by Gasteiger charge is 2.07. The van der Waals surface area contributed by atoms with E-state index < -0.39 is 0 Å². The second-order valence-electron chi connectivity index (χ2n) is 1.95. The van der Waals surface area contributed by atoms with E-state index in [1.54, 1.807) is 6.20 Å². The van der Waals surface area contributed by atoms with E-state index in [1.807, 2.05) is 0 Å². The predicted molar refractivity (Wildman–Crippen MR) is 36.3 cm³/mol. The number of hydrogen-bond donors (Lipinski definition) is 2. The van der Waals surface area contributed by atoms with Crippen LogP contribution in [0.1, 0.15) is 0 Å². The van der Waals surface area contributed by atoms with E-state index in [-0.39, 0.29) is 0 Å². The Labute approximate surface area is 56.2 Å². The maximum absolute atomic E-state index is 5.48. The van der Waals surface area contributed by atoms with Crippen LogP contribution in [0.15, 0.2) is 16.9 Å². The van der Waals surface area contributed by atoms with Gasteiger partial charge in [-0.1, -0.05) is 0 Å². The third-order valence-corrected chi connectivity index (χ3v) is 1.31. The van der Waals surface area contributed by atoms with Crippen molar-refractivity contribution in [1.29, 1.82) is 0 Å². The van der Waals surface area contributed by atoms with Gasteiger partial charge in [-0.2, -0.15) is 0 Å². The van der Waals surface area contributed by atoms with Crippen LogP contribution in [0.5, 0.6) is 0 Å². The normalized spacial score (nSPS) is 10.8. The van der Waals surface area contributed by atoms with Crippen molar-refractivity contribution in [2.75, 3.05) is 11.5 Å². The second-order valence-corrected chi connectivity index (χ2v) is 1.95. The van der Waals surface area contributed by atoms with Gasteiger partial charge in [-0.3, -0.25) is 0 Å². The van der Waals surface area contributed by atoms with Gasteiger partial charge in [0.2, 0.25) is 5.71 Å². The van der Waals surface area contributed by atoms with E-state index in [0.717, 1.165) is 0 Å². The molecule has 0 radical (unpaired) electrons. The third kappa shape index (κ3) is 0.439. The number of fused-ring (bicyclic) bond motifs is 1. The molecule has 0 aliphatic rings. The van der Waals surface area contributed by atoms with Crippen molar-refractivity contribution in [2.24, 2.45) is 0 Å². The van der Waals surface area contributed by atoms with Gasteiger partial charge < -0.3 is 15.9 Å². The summed E-state index contributed by atoms with van der Waals surface area (Å²) in [6, 6.07) is 0. The van der Waals surface area contributed by atoms with E-state index in [0.29, 0.717) is 17.2 Å². The first kappa shape index (κ1) is 5.16. The lowest BCUT2D eigenvalue weighted by Gasteiger charge is -1.81. The monoisotopic (exact) mass is 138 g/mol. The molecule has 0 aromatic carbocycles. The molecule has 52 valence electrons. The zero-order valence-corrected chi connectivity index (χ0v) is 5.11. The van der Waals surface area contributed by atoms with Gasteiger partial charge >= 0.3 is 0 Å². The Morgan fingerprint density at radius 2 is 2.30 bits per heavy atom. The highest BCUT2D eigenvalue weighted by atomic mass is 16.3. The van der Waals surface area contributed by atoms with Crippen LogP contribution in [0.25, 0.3) is 5.71 Å². The van der Waals surface area contributed by atoms with Crippen LogP contribution >= 0.6 is 0 Å². The van der Waals surface area contributed by atoms with Crippen LogP contribution < -0.4 is 11.5 Å².